The van der Waals surface area contributed by atoms with Crippen molar-refractivity contribution in [1.82, 2.24) is 23.5 Å². The third kappa shape index (κ3) is 6.13. The average molecular weight is 904 g/mol. The Hall–Kier alpha value is -9.58. The minimum atomic E-state index is 0.678. The van der Waals surface area contributed by atoms with Gasteiger partial charge in [0.1, 0.15) is 0 Å². The first-order valence-corrected chi connectivity index (χ1v) is 24.2. The molecule has 0 fully saturated rings. The predicted molar refractivity (Wildman–Crippen MR) is 296 cm³/mol. The van der Waals surface area contributed by atoms with Crippen molar-refractivity contribution in [2.45, 2.75) is 0 Å². The van der Waals surface area contributed by atoms with Gasteiger partial charge in [-0.15, -0.1) is 0 Å². The molecule has 5 heteroatoms. The maximum absolute atomic E-state index is 5.25. The lowest BCUT2D eigenvalue weighted by Crippen LogP contribution is -1.98. The number of aromatic nitrogens is 5. The van der Waals surface area contributed by atoms with E-state index in [2.05, 4.69) is 250 Å². The quantitative estimate of drug-likeness (QED) is 0.156. The van der Waals surface area contributed by atoms with Gasteiger partial charge >= 0.3 is 0 Å². The molecule has 0 bridgehead atoms. The number of para-hydroxylation sites is 3. The highest BCUT2D eigenvalue weighted by atomic mass is 15.0. The predicted octanol–water partition coefficient (Wildman–Crippen LogP) is 17.1. The molecular formula is C66H41N5. The van der Waals surface area contributed by atoms with Crippen molar-refractivity contribution in [3.63, 3.8) is 0 Å². The Morgan fingerprint density at radius 1 is 0.239 bits per heavy atom. The van der Waals surface area contributed by atoms with Crippen LogP contribution in [0.4, 0.5) is 0 Å². The van der Waals surface area contributed by atoms with Gasteiger partial charge < -0.3 is 13.5 Å². The van der Waals surface area contributed by atoms with Crippen molar-refractivity contribution in [2.75, 3.05) is 0 Å². The highest BCUT2D eigenvalue weighted by Gasteiger charge is 2.21. The number of nitrogens with zero attached hydrogens (tertiary/aromatic N) is 5. The summed E-state index contributed by atoms with van der Waals surface area (Å²) in [6.45, 7) is 0. The summed E-state index contributed by atoms with van der Waals surface area (Å²) in [5.41, 5.74) is 17.6. The van der Waals surface area contributed by atoms with Crippen LogP contribution < -0.4 is 0 Å². The fourth-order valence-electron chi connectivity index (χ4n) is 11.4. The van der Waals surface area contributed by atoms with Gasteiger partial charge in [0.2, 0.25) is 0 Å². The Morgan fingerprint density at radius 2 is 0.718 bits per heavy atom. The molecule has 5 heterocycles. The van der Waals surface area contributed by atoms with E-state index in [1.54, 1.807) is 0 Å². The SMILES string of the molecule is c1ccc(-c2cc(-c3ccccc3)nc(-c3cccc(-n4c5ccc(-c6ccc7c(c6)c6ccccc6n7-c6ccccc6)cc5c5cc6cc7c8ccccc8c8ccccc8n7c6cc54)c3)n2)cc1. The van der Waals surface area contributed by atoms with Gasteiger partial charge in [-0.05, 0) is 101 Å². The normalized spacial score (nSPS) is 11.9. The number of fused-ring (bicyclic) bond motifs is 14. The second-order valence-corrected chi connectivity index (χ2v) is 18.6. The molecule has 15 rings (SSSR count). The topological polar surface area (TPSA) is 40.0 Å². The average Bonchev–Trinajstić information content (AvgIpc) is 4.10. The molecule has 0 spiro atoms. The number of pyridine rings is 1. The summed E-state index contributed by atoms with van der Waals surface area (Å²) in [4.78, 5) is 10.5. The minimum absolute atomic E-state index is 0.678. The first-order valence-electron chi connectivity index (χ1n) is 24.2. The van der Waals surface area contributed by atoms with Gasteiger partial charge in [-0.1, -0.05) is 164 Å². The molecule has 71 heavy (non-hydrogen) atoms. The molecule has 330 valence electrons. The zero-order valence-corrected chi connectivity index (χ0v) is 38.4. The molecule has 0 aliphatic rings. The van der Waals surface area contributed by atoms with Gasteiger partial charge in [-0.25, -0.2) is 9.97 Å². The van der Waals surface area contributed by atoms with Crippen LogP contribution in [0.15, 0.2) is 249 Å². The lowest BCUT2D eigenvalue weighted by molar-refractivity contribution is 1.16. The number of benzene rings is 10. The largest absolute Gasteiger partial charge is 0.309 e. The van der Waals surface area contributed by atoms with Crippen molar-refractivity contribution >= 4 is 81.7 Å². The van der Waals surface area contributed by atoms with E-state index in [1.807, 2.05) is 12.1 Å². The summed E-state index contributed by atoms with van der Waals surface area (Å²) in [5, 5.41) is 9.80. The molecule has 15 aromatic rings. The second kappa shape index (κ2) is 15.5. The lowest BCUT2D eigenvalue weighted by Gasteiger charge is -2.13. The highest BCUT2D eigenvalue weighted by molar-refractivity contribution is 6.19. The maximum Gasteiger partial charge on any atom is 0.160 e. The first kappa shape index (κ1) is 39.4. The van der Waals surface area contributed by atoms with Crippen molar-refractivity contribution < 1.29 is 0 Å². The van der Waals surface area contributed by atoms with Crippen molar-refractivity contribution in [1.29, 1.82) is 0 Å². The number of hydrogen-bond acceptors (Lipinski definition) is 2. The van der Waals surface area contributed by atoms with Gasteiger partial charge in [-0.3, -0.25) is 0 Å². The van der Waals surface area contributed by atoms with E-state index in [1.165, 1.54) is 81.8 Å². The zero-order chi connectivity index (χ0) is 46.6. The van der Waals surface area contributed by atoms with Crippen LogP contribution in [0.1, 0.15) is 0 Å². The third-order valence-electron chi connectivity index (χ3n) is 14.6. The Morgan fingerprint density at radius 3 is 1.38 bits per heavy atom. The van der Waals surface area contributed by atoms with Crippen LogP contribution in [0.3, 0.4) is 0 Å². The molecule has 0 aliphatic heterocycles. The summed E-state index contributed by atoms with van der Waals surface area (Å²) >= 11 is 0. The van der Waals surface area contributed by atoms with Crippen molar-refractivity contribution in [3.8, 4) is 56.4 Å². The molecule has 0 saturated heterocycles. The fraction of sp³-hybridized carbons (Fsp3) is 0. The summed E-state index contributed by atoms with van der Waals surface area (Å²) in [6, 6.07) is 89.9. The van der Waals surface area contributed by atoms with Crippen LogP contribution in [0, 0.1) is 0 Å². The van der Waals surface area contributed by atoms with Crippen molar-refractivity contribution in [3.05, 3.63) is 249 Å². The van der Waals surface area contributed by atoms with E-state index < -0.39 is 0 Å². The first-order chi connectivity index (χ1) is 35.2. The fourth-order valence-corrected chi connectivity index (χ4v) is 11.4. The number of rotatable bonds is 6. The Bertz CT molecular complexity index is 4560. The summed E-state index contributed by atoms with van der Waals surface area (Å²) in [6.07, 6.45) is 0. The van der Waals surface area contributed by atoms with Crippen LogP contribution >= 0.6 is 0 Å². The van der Waals surface area contributed by atoms with Crippen LogP contribution in [0.25, 0.3) is 138 Å². The van der Waals surface area contributed by atoms with E-state index in [9.17, 15) is 0 Å². The van der Waals surface area contributed by atoms with Gasteiger partial charge in [0.25, 0.3) is 0 Å². The molecule has 10 aromatic carbocycles. The maximum atomic E-state index is 5.25. The molecule has 0 N–H and O–H groups in total. The zero-order valence-electron chi connectivity index (χ0n) is 38.4. The van der Waals surface area contributed by atoms with E-state index in [0.29, 0.717) is 5.82 Å². The summed E-state index contributed by atoms with van der Waals surface area (Å²) < 4.78 is 7.28. The minimum Gasteiger partial charge on any atom is -0.309 e. The van der Waals surface area contributed by atoms with E-state index in [-0.39, 0.29) is 0 Å². The van der Waals surface area contributed by atoms with Gasteiger partial charge in [0.15, 0.2) is 5.82 Å². The van der Waals surface area contributed by atoms with Crippen LogP contribution in [0.2, 0.25) is 0 Å². The van der Waals surface area contributed by atoms with E-state index in [4.69, 9.17) is 9.97 Å². The van der Waals surface area contributed by atoms with Crippen LogP contribution in [-0.2, 0) is 0 Å². The monoisotopic (exact) mass is 903 g/mol. The molecule has 0 atom stereocenters. The van der Waals surface area contributed by atoms with E-state index in [0.717, 1.165) is 50.5 Å². The molecule has 0 amide bonds. The van der Waals surface area contributed by atoms with Gasteiger partial charge in [0.05, 0.1) is 50.0 Å². The molecule has 0 radical (unpaired) electrons. The lowest BCUT2D eigenvalue weighted by atomic mass is 10.0. The summed E-state index contributed by atoms with van der Waals surface area (Å²) in [7, 11) is 0. The molecule has 0 aliphatic carbocycles. The Kier molecular flexibility index (Phi) is 8.59. The second-order valence-electron chi connectivity index (χ2n) is 18.6. The van der Waals surface area contributed by atoms with E-state index >= 15 is 0 Å². The molecule has 5 aromatic heterocycles. The Labute approximate surface area is 408 Å². The Balaban J connectivity index is 0.977. The van der Waals surface area contributed by atoms with Crippen LogP contribution in [0.5, 0.6) is 0 Å². The highest BCUT2D eigenvalue weighted by Crippen LogP contribution is 2.42. The molecular weight excluding hydrogens is 863 g/mol. The van der Waals surface area contributed by atoms with Gasteiger partial charge in [-0.2, -0.15) is 0 Å². The van der Waals surface area contributed by atoms with Crippen LogP contribution in [-0.4, -0.2) is 23.5 Å². The smallest absolute Gasteiger partial charge is 0.160 e. The number of hydrogen-bond donors (Lipinski definition) is 0. The molecule has 0 saturated carbocycles. The standard InChI is InChI=1S/C66H41N5/c1-4-17-42(18-5-1)57-40-58(43-19-6-2-7-20-43)68-66(67-57)46-21-16-24-49(35-46)70-62-34-32-45(44-31-33-61-54(36-44)53-28-13-14-29-59(53)69(61)48-22-8-3-9-23-48)37-55(62)56-38-47-39-64-52-27-11-10-25-50(52)51-26-12-15-30-60(51)71(64)63(47)41-65(56)70/h1-41H. The van der Waals surface area contributed by atoms with Gasteiger partial charge in [0, 0.05) is 65.8 Å². The third-order valence-corrected chi connectivity index (χ3v) is 14.6. The molecule has 0 unspecified atom stereocenters. The summed E-state index contributed by atoms with van der Waals surface area (Å²) in [5.74, 6) is 0.678. The van der Waals surface area contributed by atoms with Crippen molar-refractivity contribution in [2.24, 2.45) is 0 Å². The molecule has 5 nitrogen and oxygen atoms in total.